The highest BCUT2D eigenvalue weighted by Gasteiger charge is 2.17. The fourth-order valence-electron chi connectivity index (χ4n) is 3.69. The third-order valence-electron chi connectivity index (χ3n) is 5.11. The van der Waals surface area contributed by atoms with Crippen molar-refractivity contribution in [3.8, 4) is 0 Å². The van der Waals surface area contributed by atoms with E-state index in [-0.39, 0.29) is 5.56 Å². The standard InChI is InChI=1S/C24H20N4OS/c1-17-8-7-11-19(14-17)16-30-24-26-25-23-27(15-18-9-3-2-4-10-18)22(29)20-12-5-6-13-21(20)28(23)24/h2-14H,15-16H2,1H3. The van der Waals surface area contributed by atoms with Gasteiger partial charge in [0, 0.05) is 5.75 Å². The first-order valence-electron chi connectivity index (χ1n) is 9.79. The van der Waals surface area contributed by atoms with Gasteiger partial charge in [-0.15, -0.1) is 10.2 Å². The Hall–Kier alpha value is -3.38. The van der Waals surface area contributed by atoms with Crippen molar-refractivity contribution in [2.24, 2.45) is 0 Å². The van der Waals surface area contributed by atoms with Gasteiger partial charge in [0.1, 0.15) is 0 Å². The molecular weight excluding hydrogens is 392 g/mol. The van der Waals surface area contributed by atoms with Crippen LogP contribution in [0.5, 0.6) is 0 Å². The van der Waals surface area contributed by atoms with Gasteiger partial charge in [-0.25, -0.2) is 0 Å². The number of hydrogen-bond donors (Lipinski definition) is 0. The average Bonchev–Trinajstić information content (AvgIpc) is 3.20. The molecule has 0 fully saturated rings. The van der Waals surface area contributed by atoms with Gasteiger partial charge >= 0.3 is 0 Å². The summed E-state index contributed by atoms with van der Waals surface area (Å²) in [6.07, 6.45) is 0. The zero-order valence-electron chi connectivity index (χ0n) is 16.5. The molecule has 5 nitrogen and oxygen atoms in total. The predicted molar refractivity (Wildman–Crippen MR) is 121 cm³/mol. The largest absolute Gasteiger partial charge is 0.272 e. The molecule has 0 spiro atoms. The van der Waals surface area contributed by atoms with E-state index < -0.39 is 0 Å². The minimum atomic E-state index is -0.0513. The fraction of sp³-hybridized carbons (Fsp3) is 0.125. The molecular formula is C24H20N4OS. The van der Waals surface area contributed by atoms with E-state index in [1.165, 1.54) is 11.1 Å². The summed E-state index contributed by atoms with van der Waals surface area (Å²) in [6.45, 7) is 2.55. The quantitative estimate of drug-likeness (QED) is 0.393. The van der Waals surface area contributed by atoms with Gasteiger partial charge in [-0.05, 0) is 30.2 Å². The number of benzene rings is 3. The van der Waals surface area contributed by atoms with E-state index in [4.69, 9.17) is 0 Å². The van der Waals surface area contributed by atoms with Crippen molar-refractivity contribution in [1.82, 2.24) is 19.2 Å². The topological polar surface area (TPSA) is 52.2 Å². The van der Waals surface area contributed by atoms with Crippen molar-refractivity contribution in [2.45, 2.75) is 24.4 Å². The number of thioether (sulfide) groups is 1. The molecule has 0 atom stereocenters. The van der Waals surface area contributed by atoms with Crippen LogP contribution >= 0.6 is 11.8 Å². The van der Waals surface area contributed by atoms with Crippen LogP contribution in [-0.2, 0) is 12.3 Å². The van der Waals surface area contributed by atoms with Crippen LogP contribution in [0.25, 0.3) is 16.7 Å². The molecule has 0 saturated heterocycles. The molecule has 148 valence electrons. The average molecular weight is 413 g/mol. The molecule has 5 rings (SSSR count). The summed E-state index contributed by atoms with van der Waals surface area (Å²) in [4.78, 5) is 13.2. The van der Waals surface area contributed by atoms with Crippen LogP contribution < -0.4 is 5.56 Å². The lowest BCUT2D eigenvalue weighted by molar-refractivity contribution is 0.764. The van der Waals surface area contributed by atoms with Crippen LogP contribution in [0, 0.1) is 6.92 Å². The number of aryl methyl sites for hydroxylation is 1. The second-order valence-corrected chi connectivity index (χ2v) is 8.23. The molecule has 30 heavy (non-hydrogen) atoms. The van der Waals surface area contributed by atoms with Gasteiger partial charge in [0.05, 0.1) is 17.4 Å². The van der Waals surface area contributed by atoms with Crippen LogP contribution in [0.4, 0.5) is 0 Å². The highest BCUT2D eigenvalue weighted by atomic mass is 32.2. The maximum Gasteiger partial charge on any atom is 0.263 e. The Morgan fingerprint density at radius 2 is 1.63 bits per heavy atom. The summed E-state index contributed by atoms with van der Waals surface area (Å²) >= 11 is 1.63. The van der Waals surface area contributed by atoms with Gasteiger partial charge in [0.15, 0.2) is 5.16 Å². The molecule has 6 heteroatoms. The van der Waals surface area contributed by atoms with Crippen molar-refractivity contribution >= 4 is 28.4 Å². The SMILES string of the molecule is Cc1cccc(CSc2nnc3n(Cc4ccccc4)c(=O)c4ccccc4n23)c1. The van der Waals surface area contributed by atoms with Crippen molar-refractivity contribution in [3.05, 3.63) is 106 Å². The van der Waals surface area contributed by atoms with Crippen LogP contribution in [0.1, 0.15) is 16.7 Å². The fourth-order valence-corrected chi connectivity index (χ4v) is 4.57. The van der Waals surface area contributed by atoms with Gasteiger partial charge in [0.2, 0.25) is 5.78 Å². The highest BCUT2D eigenvalue weighted by molar-refractivity contribution is 7.98. The van der Waals surface area contributed by atoms with Gasteiger partial charge in [-0.1, -0.05) is 84.1 Å². The summed E-state index contributed by atoms with van der Waals surface area (Å²) in [5, 5.41) is 10.3. The molecule has 0 bridgehead atoms. The number of nitrogens with zero attached hydrogens (tertiary/aromatic N) is 4. The van der Waals surface area contributed by atoms with Gasteiger partial charge in [-0.2, -0.15) is 0 Å². The number of aromatic nitrogens is 4. The molecule has 0 radical (unpaired) electrons. The number of rotatable bonds is 5. The zero-order chi connectivity index (χ0) is 20.5. The molecule has 5 aromatic rings. The van der Waals surface area contributed by atoms with E-state index in [9.17, 15) is 4.79 Å². The Morgan fingerprint density at radius 1 is 0.867 bits per heavy atom. The first-order valence-corrected chi connectivity index (χ1v) is 10.8. The first-order chi connectivity index (χ1) is 14.7. The Bertz CT molecular complexity index is 1410. The van der Waals surface area contributed by atoms with Crippen LogP contribution in [0.3, 0.4) is 0 Å². The molecule has 0 N–H and O–H groups in total. The molecule has 0 amide bonds. The highest BCUT2D eigenvalue weighted by Crippen LogP contribution is 2.25. The Balaban J connectivity index is 1.64. The van der Waals surface area contributed by atoms with E-state index in [0.29, 0.717) is 17.7 Å². The van der Waals surface area contributed by atoms with E-state index in [1.807, 2.05) is 59.0 Å². The number of para-hydroxylation sites is 1. The third kappa shape index (κ3) is 3.39. The zero-order valence-corrected chi connectivity index (χ0v) is 17.3. The molecule has 2 aromatic heterocycles. The number of hydrogen-bond acceptors (Lipinski definition) is 4. The van der Waals surface area contributed by atoms with Crippen molar-refractivity contribution in [3.63, 3.8) is 0 Å². The molecule has 0 unspecified atom stereocenters. The second-order valence-electron chi connectivity index (χ2n) is 7.29. The Labute approximate surface area is 178 Å². The lowest BCUT2D eigenvalue weighted by Gasteiger charge is -2.11. The molecule has 0 aliphatic carbocycles. The third-order valence-corrected chi connectivity index (χ3v) is 6.11. The Morgan fingerprint density at radius 3 is 2.47 bits per heavy atom. The second kappa shape index (κ2) is 7.80. The minimum absolute atomic E-state index is 0.0513. The molecule has 2 heterocycles. The van der Waals surface area contributed by atoms with Crippen LogP contribution in [0.2, 0.25) is 0 Å². The van der Waals surface area contributed by atoms with Gasteiger partial charge in [0.25, 0.3) is 5.56 Å². The van der Waals surface area contributed by atoms with Crippen molar-refractivity contribution in [2.75, 3.05) is 0 Å². The van der Waals surface area contributed by atoms with Gasteiger partial charge in [-0.3, -0.25) is 13.8 Å². The summed E-state index contributed by atoms with van der Waals surface area (Å²) in [7, 11) is 0. The van der Waals surface area contributed by atoms with E-state index in [1.54, 1.807) is 16.3 Å². The molecule has 0 saturated carbocycles. The van der Waals surface area contributed by atoms with Crippen LogP contribution in [0.15, 0.2) is 88.8 Å². The maximum absolute atomic E-state index is 13.2. The molecule has 0 aliphatic rings. The van der Waals surface area contributed by atoms with Gasteiger partial charge < -0.3 is 0 Å². The lowest BCUT2D eigenvalue weighted by atomic mass is 10.2. The summed E-state index contributed by atoms with van der Waals surface area (Å²) in [5.41, 5.74) is 4.30. The normalized spacial score (nSPS) is 11.4. The first kappa shape index (κ1) is 18.6. The van der Waals surface area contributed by atoms with Crippen molar-refractivity contribution in [1.29, 1.82) is 0 Å². The number of fused-ring (bicyclic) bond motifs is 3. The van der Waals surface area contributed by atoms with E-state index in [0.717, 1.165) is 22.0 Å². The molecule has 0 aliphatic heterocycles. The van der Waals surface area contributed by atoms with Crippen molar-refractivity contribution < 1.29 is 0 Å². The van der Waals surface area contributed by atoms with E-state index in [2.05, 4.69) is 41.4 Å². The predicted octanol–water partition coefficient (Wildman–Crippen LogP) is 4.69. The smallest absolute Gasteiger partial charge is 0.263 e. The molecule has 3 aromatic carbocycles. The minimum Gasteiger partial charge on any atom is -0.272 e. The summed E-state index contributed by atoms with van der Waals surface area (Å²) in [5.74, 6) is 1.35. The Kier molecular flexibility index (Phi) is 4.85. The summed E-state index contributed by atoms with van der Waals surface area (Å²) < 4.78 is 3.71. The monoisotopic (exact) mass is 412 g/mol. The lowest BCUT2D eigenvalue weighted by Crippen LogP contribution is -2.24. The van der Waals surface area contributed by atoms with Crippen LogP contribution in [-0.4, -0.2) is 19.2 Å². The van der Waals surface area contributed by atoms with E-state index >= 15 is 0 Å². The summed E-state index contributed by atoms with van der Waals surface area (Å²) in [6, 6.07) is 26.1. The maximum atomic E-state index is 13.2.